The maximum Gasteiger partial charge on any atom is 0.224 e. The SMILES string of the molecule is Cc1c[nH]c(=S)n1CCC(=O)N1CCCC1. The van der Waals surface area contributed by atoms with Crippen LogP contribution in [0.25, 0.3) is 0 Å². The average molecular weight is 239 g/mol. The van der Waals surface area contributed by atoms with Gasteiger partial charge in [-0.1, -0.05) is 0 Å². The van der Waals surface area contributed by atoms with Gasteiger partial charge in [0.05, 0.1) is 0 Å². The molecule has 0 radical (unpaired) electrons. The molecule has 1 saturated heterocycles. The summed E-state index contributed by atoms with van der Waals surface area (Å²) in [6.45, 7) is 4.53. The zero-order valence-electron chi connectivity index (χ0n) is 9.53. The Morgan fingerprint density at radius 2 is 2.19 bits per heavy atom. The molecule has 4 nitrogen and oxygen atoms in total. The molecule has 1 N–H and O–H groups in total. The first-order chi connectivity index (χ1) is 7.68. The third-order valence-electron chi connectivity index (χ3n) is 3.08. The highest BCUT2D eigenvalue weighted by molar-refractivity contribution is 7.71. The van der Waals surface area contributed by atoms with Crippen LogP contribution in [0.15, 0.2) is 6.20 Å². The molecule has 0 atom stereocenters. The number of nitrogens with one attached hydrogen (secondary N) is 1. The third kappa shape index (κ3) is 2.35. The normalized spacial score (nSPS) is 15.7. The summed E-state index contributed by atoms with van der Waals surface area (Å²) in [7, 11) is 0. The van der Waals surface area contributed by atoms with Crippen LogP contribution in [0.4, 0.5) is 0 Å². The molecule has 0 bridgehead atoms. The van der Waals surface area contributed by atoms with Crippen LogP contribution in [0, 0.1) is 11.7 Å². The number of H-pyrrole nitrogens is 1. The molecular formula is C11H17N3OS. The molecule has 1 aliphatic rings. The van der Waals surface area contributed by atoms with E-state index in [-0.39, 0.29) is 5.91 Å². The van der Waals surface area contributed by atoms with Gasteiger partial charge < -0.3 is 14.5 Å². The van der Waals surface area contributed by atoms with Gasteiger partial charge in [0.2, 0.25) is 5.91 Å². The van der Waals surface area contributed by atoms with E-state index < -0.39 is 0 Å². The number of hydrogen-bond donors (Lipinski definition) is 1. The summed E-state index contributed by atoms with van der Waals surface area (Å²) < 4.78 is 2.68. The molecule has 0 unspecified atom stereocenters. The van der Waals surface area contributed by atoms with E-state index in [1.807, 2.05) is 22.6 Å². The summed E-state index contributed by atoms with van der Waals surface area (Å²) >= 11 is 5.14. The predicted molar refractivity (Wildman–Crippen MR) is 64.8 cm³/mol. The van der Waals surface area contributed by atoms with Crippen molar-refractivity contribution in [3.8, 4) is 0 Å². The van der Waals surface area contributed by atoms with E-state index in [4.69, 9.17) is 12.2 Å². The lowest BCUT2D eigenvalue weighted by Gasteiger charge is -2.15. The smallest absolute Gasteiger partial charge is 0.224 e. The van der Waals surface area contributed by atoms with Crippen LogP contribution in [0.1, 0.15) is 25.0 Å². The molecule has 1 aromatic rings. The van der Waals surface area contributed by atoms with Gasteiger partial charge in [0.15, 0.2) is 4.77 Å². The lowest BCUT2D eigenvalue weighted by atomic mass is 10.3. The van der Waals surface area contributed by atoms with Crippen molar-refractivity contribution in [2.75, 3.05) is 13.1 Å². The van der Waals surface area contributed by atoms with Crippen molar-refractivity contribution < 1.29 is 4.79 Å². The molecule has 1 fully saturated rings. The van der Waals surface area contributed by atoms with Gasteiger partial charge >= 0.3 is 0 Å². The first kappa shape index (κ1) is 11.4. The summed E-state index contributed by atoms with van der Waals surface area (Å²) in [6.07, 6.45) is 4.72. The maximum atomic E-state index is 11.8. The molecule has 0 saturated carbocycles. The molecule has 0 aliphatic carbocycles. The number of aryl methyl sites for hydroxylation is 1. The number of carbonyl (C=O) groups is 1. The Labute approximate surface area is 100 Å². The number of carbonyl (C=O) groups excluding carboxylic acids is 1. The van der Waals surface area contributed by atoms with E-state index in [0.717, 1.165) is 31.6 Å². The minimum atomic E-state index is 0.250. The van der Waals surface area contributed by atoms with Crippen molar-refractivity contribution in [1.29, 1.82) is 0 Å². The molecule has 2 heterocycles. The second kappa shape index (κ2) is 4.82. The standard InChI is InChI=1S/C11H17N3OS/c1-9-8-12-11(16)14(9)7-4-10(15)13-5-2-3-6-13/h8H,2-7H2,1H3,(H,12,16). The Kier molecular flexibility index (Phi) is 3.43. The van der Waals surface area contributed by atoms with Crippen molar-refractivity contribution >= 4 is 18.1 Å². The monoisotopic (exact) mass is 239 g/mol. The quantitative estimate of drug-likeness (QED) is 0.818. The van der Waals surface area contributed by atoms with Crippen molar-refractivity contribution in [3.63, 3.8) is 0 Å². The summed E-state index contributed by atoms with van der Waals surface area (Å²) in [4.78, 5) is 16.8. The highest BCUT2D eigenvalue weighted by Crippen LogP contribution is 2.10. The number of aromatic amines is 1. The van der Waals surface area contributed by atoms with Gasteiger partial charge in [-0.3, -0.25) is 4.79 Å². The molecule has 2 rings (SSSR count). The molecule has 0 spiro atoms. The van der Waals surface area contributed by atoms with Crippen LogP contribution >= 0.6 is 12.2 Å². The Balaban J connectivity index is 1.92. The second-order valence-electron chi connectivity index (χ2n) is 4.22. The Bertz CT molecular complexity index is 429. The summed E-state index contributed by atoms with van der Waals surface area (Å²) in [5.74, 6) is 0.250. The molecule has 16 heavy (non-hydrogen) atoms. The fraction of sp³-hybridized carbons (Fsp3) is 0.636. The Morgan fingerprint density at radius 1 is 1.50 bits per heavy atom. The van der Waals surface area contributed by atoms with Crippen molar-refractivity contribution in [1.82, 2.24) is 14.5 Å². The topological polar surface area (TPSA) is 41.0 Å². The second-order valence-corrected chi connectivity index (χ2v) is 4.61. The maximum absolute atomic E-state index is 11.8. The van der Waals surface area contributed by atoms with Crippen LogP contribution in [0.3, 0.4) is 0 Å². The molecule has 5 heteroatoms. The summed E-state index contributed by atoms with van der Waals surface area (Å²) in [5.41, 5.74) is 1.08. The van der Waals surface area contributed by atoms with Gasteiger partial charge in [0.25, 0.3) is 0 Å². The van der Waals surface area contributed by atoms with E-state index >= 15 is 0 Å². The van der Waals surface area contributed by atoms with Gasteiger partial charge in [-0.2, -0.15) is 0 Å². The lowest BCUT2D eigenvalue weighted by molar-refractivity contribution is -0.130. The number of aromatic nitrogens is 2. The molecule has 1 amide bonds. The molecular weight excluding hydrogens is 222 g/mol. The molecule has 88 valence electrons. The number of nitrogens with zero attached hydrogens (tertiary/aromatic N) is 2. The number of rotatable bonds is 3. The van der Waals surface area contributed by atoms with Crippen LogP contribution in [0.5, 0.6) is 0 Å². The number of amides is 1. The zero-order valence-corrected chi connectivity index (χ0v) is 10.3. The minimum absolute atomic E-state index is 0.250. The van der Waals surface area contributed by atoms with Crippen LogP contribution < -0.4 is 0 Å². The van der Waals surface area contributed by atoms with Crippen molar-refractivity contribution in [2.45, 2.75) is 32.7 Å². The van der Waals surface area contributed by atoms with Crippen molar-refractivity contribution in [2.24, 2.45) is 0 Å². The fourth-order valence-electron chi connectivity index (χ4n) is 2.09. The van der Waals surface area contributed by atoms with E-state index in [2.05, 4.69) is 4.98 Å². The van der Waals surface area contributed by atoms with Gasteiger partial charge in [-0.15, -0.1) is 0 Å². The lowest BCUT2D eigenvalue weighted by Crippen LogP contribution is -2.28. The van der Waals surface area contributed by atoms with Crippen LogP contribution in [-0.4, -0.2) is 33.4 Å². The number of hydrogen-bond acceptors (Lipinski definition) is 2. The van der Waals surface area contributed by atoms with Crippen molar-refractivity contribution in [3.05, 3.63) is 16.7 Å². The Morgan fingerprint density at radius 3 is 2.75 bits per heavy atom. The fourth-order valence-corrected chi connectivity index (χ4v) is 2.39. The number of likely N-dealkylation sites (tertiary alicyclic amines) is 1. The highest BCUT2D eigenvalue weighted by atomic mass is 32.1. The minimum Gasteiger partial charge on any atom is -0.343 e. The van der Waals surface area contributed by atoms with E-state index in [9.17, 15) is 4.79 Å². The van der Waals surface area contributed by atoms with E-state index in [1.54, 1.807) is 0 Å². The van der Waals surface area contributed by atoms with Gasteiger partial charge in [-0.25, -0.2) is 0 Å². The average Bonchev–Trinajstić information content (AvgIpc) is 2.87. The third-order valence-corrected chi connectivity index (χ3v) is 3.42. The Hall–Kier alpha value is -1.10. The highest BCUT2D eigenvalue weighted by Gasteiger charge is 2.17. The molecule has 0 aromatic carbocycles. The van der Waals surface area contributed by atoms with Gasteiger partial charge in [0, 0.05) is 37.9 Å². The van der Waals surface area contributed by atoms with Crippen LogP contribution in [-0.2, 0) is 11.3 Å². The summed E-state index contributed by atoms with van der Waals surface area (Å²) in [5, 5.41) is 0. The van der Waals surface area contributed by atoms with E-state index in [1.165, 1.54) is 0 Å². The molecule has 1 aliphatic heterocycles. The molecule has 1 aromatic heterocycles. The largest absolute Gasteiger partial charge is 0.343 e. The zero-order chi connectivity index (χ0) is 11.5. The first-order valence-electron chi connectivity index (χ1n) is 5.71. The van der Waals surface area contributed by atoms with Gasteiger partial charge in [-0.05, 0) is 32.0 Å². The van der Waals surface area contributed by atoms with Gasteiger partial charge in [0.1, 0.15) is 0 Å². The van der Waals surface area contributed by atoms with E-state index in [0.29, 0.717) is 17.7 Å². The summed E-state index contributed by atoms with van der Waals surface area (Å²) in [6, 6.07) is 0. The predicted octanol–water partition coefficient (Wildman–Crippen LogP) is 1.87. The van der Waals surface area contributed by atoms with Crippen LogP contribution in [0.2, 0.25) is 0 Å². The number of imidazole rings is 1. The first-order valence-corrected chi connectivity index (χ1v) is 6.12.